The zero-order valence-electron chi connectivity index (χ0n) is 8.82. The van der Waals surface area contributed by atoms with Gasteiger partial charge in [0.2, 0.25) is 0 Å². The van der Waals surface area contributed by atoms with Gasteiger partial charge in [-0.2, -0.15) is 0 Å². The van der Waals surface area contributed by atoms with Crippen LogP contribution in [0.2, 0.25) is 0 Å². The van der Waals surface area contributed by atoms with Crippen LogP contribution in [0.15, 0.2) is 36.5 Å². The molecule has 0 bridgehead atoms. The van der Waals surface area contributed by atoms with Crippen molar-refractivity contribution in [2.24, 2.45) is 0 Å². The van der Waals surface area contributed by atoms with E-state index >= 15 is 0 Å². The fourth-order valence-electron chi connectivity index (χ4n) is 1.94. The van der Waals surface area contributed by atoms with Gasteiger partial charge < -0.3 is 15.2 Å². The summed E-state index contributed by atoms with van der Waals surface area (Å²) in [5, 5.41) is 3.25. The van der Waals surface area contributed by atoms with Gasteiger partial charge in [-0.3, -0.25) is 4.79 Å². The van der Waals surface area contributed by atoms with Gasteiger partial charge in [0, 0.05) is 13.2 Å². The predicted octanol–water partition coefficient (Wildman–Crippen LogP) is 2.35. The maximum absolute atomic E-state index is 12.1. The highest BCUT2D eigenvalue weighted by molar-refractivity contribution is 6.12. The van der Waals surface area contributed by atoms with Crippen LogP contribution >= 0.6 is 0 Å². The summed E-state index contributed by atoms with van der Waals surface area (Å²) >= 11 is 0. The van der Waals surface area contributed by atoms with Crippen LogP contribution in [0.5, 0.6) is 0 Å². The second-order valence-corrected chi connectivity index (χ2v) is 3.77. The molecule has 2 N–H and O–H groups in total. The summed E-state index contributed by atoms with van der Waals surface area (Å²) in [4.78, 5) is 16.7. The number of amides is 1. The number of aromatic amines is 1. The number of carbonyl (C=O) groups excluding carboxylic acids is 1. The van der Waals surface area contributed by atoms with Crippen LogP contribution in [0.3, 0.4) is 0 Å². The highest BCUT2D eigenvalue weighted by atomic mass is 16.2. The first-order chi connectivity index (χ1) is 7.77. The Morgan fingerprint density at radius 1 is 1.12 bits per heavy atom. The van der Waals surface area contributed by atoms with Crippen molar-refractivity contribution in [3.8, 4) is 0 Å². The van der Waals surface area contributed by atoms with Crippen LogP contribution in [-0.4, -0.2) is 17.9 Å². The quantitative estimate of drug-likeness (QED) is 0.705. The van der Waals surface area contributed by atoms with Crippen LogP contribution in [-0.2, 0) is 0 Å². The maximum Gasteiger partial charge on any atom is 0.276 e. The van der Waals surface area contributed by atoms with Crippen molar-refractivity contribution in [2.45, 2.75) is 0 Å². The second-order valence-electron chi connectivity index (χ2n) is 3.77. The molecule has 0 atom stereocenters. The van der Waals surface area contributed by atoms with Crippen molar-refractivity contribution in [3.63, 3.8) is 0 Å². The van der Waals surface area contributed by atoms with Crippen LogP contribution in [0.25, 0.3) is 0 Å². The van der Waals surface area contributed by atoms with Gasteiger partial charge in [0.05, 0.1) is 17.1 Å². The second kappa shape index (κ2) is 3.13. The van der Waals surface area contributed by atoms with E-state index in [1.807, 2.05) is 30.3 Å². The lowest BCUT2D eigenvalue weighted by Crippen LogP contribution is -2.25. The Morgan fingerprint density at radius 3 is 2.81 bits per heavy atom. The zero-order chi connectivity index (χ0) is 11.1. The van der Waals surface area contributed by atoms with Gasteiger partial charge in [-0.05, 0) is 18.2 Å². The molecule has 4 nitrogen and oxygen atoms in total. The highest BCUT2D eigenvalue weighted by Crippen LogP contribution is 2.33. The number of benzene rings is 1. The highest BCUT2D eigenvalue weighted by Gasteiger charge is 2.24. The molecule has 0 aliphatic carbocycles. The lowest BCUT2D eigenvalue weighted by atomic mass is 10.2. The Morgan fingerprint density at radius 2 is 1.94 bits per heavy atom. The first-order valence-electron chi connectivity index (χ1n) is 5.09. The van der Waals surface area contributed by atoms with Crippen molar-refractivity contribution in [1.82, 2.24) is 4.98 Å². The van der Waals surface area contributed by atoms with E-state index in [-0.39, 0.29) is 5.91 Å². The molecule has 0 unspecified atom stereocenters. The van der Waals surface area contributed by atoms with E-state index in [9.17, 15) is 4.79 Å². The Balaban J connectivity index is 2.23. The fraction of sp³-hybridized carbons (Fsp3) is 0.0833. The number of aromatic nitrogens is 1. The number of anilines is 3. The van der Waals surface area contributed by atoms with Gasteiger partial charge in [-0.1, -0.05) is 12.1 Å². The Bertz CT molecular complexity index is 559. The Labute approximate surface area is 92.9 Å². The first kappa shape index (κ1) is 9.03. The van der Waals surface area contributed by atoms with Gasteiger partial charge in [-0.25, -0.2) is 0 Å². The molecule has 1 aromatic carbocycles. The lowest BCUT2D eigenvalue weighted by Gasteiger charge is -2.16. The Hall–Kier alpha value is -2.23. The smallest absolute Gasteiger partial charge is 0.276 e. The third-order valence-corrected chi connectivity index (χ3v) is 2.80. The molecule has 1 amide bonds. The molecule has 2 heterocycles. The molecule has 3 rings (SSSR count). The molecule has 4 heteroatoms. The largest absolute Gasteiger partial charge is 0.355 e. The standard InChI is InChI=1S/C12H11N3O/c1-15-10-5-3-2-4-8(10)14-9-6-7-13-11(9)12(15)16/h2-7,13-14H,1H3. The molecule has 0 saturated carbocycles. The number of nitrogens with one attached hydrogen (secondary N) is 2. The van der Waals surface area contributed by atoms with Gasteiger partial charge in [-0.15, -0.1) is 0 Å². The van der Waals surface area contributed by atoms with Gasteiger partial charge in [0.25, 0.3) is 5.91 Å². The van der Waals surface area contributed by atoms with Gasteiger partial charge >= 0.3 is 0 Å². The van der Waals surface area contributed by atoms with E-state index in [0.717, 1.165) is 17.1 Å². The van der Waals surface area contributed by atoms with E-state index in [4.69, 9.17) is 0 Å². The van der Waals surface area contributed by atoms with E-state index in [2.05, 4.69) is 10.3 Å². The van der Waals surface area contributed by atoms with Gasteiger partial charge in [0.15, 0.2) is 0 Å². The molecule has 2 aromatic rings. The molecule has 0 radical (unpaired) electrons. The minimum atomic E-state index is -0.0301. The van der Waals surface area contributed by atoms with E-state index in [1.54, 1.807) is 18.1 Å². The SMILES string of the molecule is CN1C(=O)c2[nH]ccc2Nc2ccccc21. The van der Waals surface area contributed by atoms with Crippen molar-refractivity contribution >= 4 is 23.0 Å². The molecule has 0 saturated heterocycles. The number of fused-ring (bicyclic) bond motifs is 2. The zero-order valence-corrected chi connectivity index (χ0v) is 8.82. The molecule has 0 spiro atoms. The van der Waals surface area contributed by atoms with E-state index in [1.165, 1.54) is 0 Å². The summed E-state index contributed by atoms with van der Waals surface area (Å²) in [5.41, 5.74) is 3.24. The normalized spacial score (nSPS) is 13.8. The Kier molecular flexibility index (Phi) is 1.77. The number of para-hydroxylation sites is 2. The number of hydrogen-bond acceptors (Lipinski definition) is 2. The lowest BCUT2D eigenvalue weighted by molar-refractivity contribution is 0.0990. The van der Waals surface area contributed by atoms with Crippen LogP contribution in [0, 0.1) is 0 Å². The summed E-state index contributed by atoms with van der Waals surface area (Å²) in [7, 11) is 1.78. The molecule has 80 valence electrons. The number of H-pyrrole nitrogens is 1. The number of carbonyl (C=O) groups is 1. The molecule has 1 aliphatic heterocycles. The number of nitrogens with zero attached hydrogens (tertiary/aromatic N) is 1. The summed E-state index contributed by atoms with van der Waals surface area (Å²) in [5.74, 6) is -0.0301. The monoisotopic (exact) mass is 213 g/mol. The van der Waals surface area contributed by atoms with Crippen LogP contribution in [0.4, 0.5) is 17.1 Å². The third-order valence-electron chi connectivity index (χ3n) is 2.80. The minimum absolute atomic E-state index is 0.0301. The van der Waals surface area contributed by atoms with Crippen molar-refractivity contribution in [3.05, 3.63) is 42.2 Å². The molecular formula is C12H11N3O. The summed E-state index contributed by atoms with van der Waals surface area (Å²) < 4.78 is 0. The third kappa shape index (κ3) is 1.13. The summed E-state index contributed by atoms with van der Waals surface area (Å²) in [6.07, 6.45) is 1.76. The predicted molar refractivity (Wildman–Crippen MR) is 63.3 cm³/mol. The molecule has 1 aliphatic rings. The maximum atomic E-state index is 12.1. The number of hydrogen-bond donors (Lipinski definition) is 2. The average molecular weight is 213 g/mol. The topological polar surface area (TPSA) is 48.1 Å². The van der Waals surface area contributed by atoms with Crippen LogP contribution in [0.1, 0.15) is 10.5 Å². The fourth-order valence-corrected chi connectivity index (χ4v) is 1.94. The van der Waals surface area contributed by atoms with Crippen LogP contribution < -0.4 is 10.2 Å². The first-order valence-corrected chi connectivity index (χ1v) is 5.09. The molecule has 0 fully saturated rings. The number of rotatable bonds is 0. The molecule has 1 aromatic heterocycles. The molecule has 16 heavy (non-hydrogen) atoms. The summed E-state index contributed by atoms with van der Waals surface area (Å²) in [6.45, 7) is 0. The van der Waals surface area contributed by atoms with Crippen molar-refractivity contribution in [2.75, 3.05) is 17.3 Å². The summed E-state index contributed by atoms with van der Waals surface area (Å²) in [6, 6.07) is 9.61. The van der Waals surface area contributed by atoms with Gasteiger partial charge in [0.1, 0.15) is 5.69 Å². The minimum Gasteiger partial charge on any atom is -0.355 e. The van der Waals surface area contributed by atoms with Crippen molar-refractivity contribution in [1.29, 1.82) is 0 Å². The van der Waals surface area contributed by atoms with E-state index in [0.29, 0.717) is 5.69 Å². The average Bonchev–Trinajstić information content (AvgIpc) is 2.72. The van der Waals surface area contributed by atoms with Crippen molar-refractivity contribution < 1.29 is 4.79 Å². The molecular weight excluding hydrogens is 202 g/mol. The van der Waals surface area contributed by atoms with E-state index < -0.39 is 0 Å².